The van der Waals surface area contributed by atoms with Gasteiger partial charge in [-0.1, -0.05) is 62.1 Å². The molecule has 30 heavy (non-hydrogen) atoms. The van der Waals surface area contributed by atoms with E-state index in [1.807, 2.05) is 6.07 Å². The highest BCUT2D eigenvalue weighted by atomic mass is 16.5. The molecule has 0 saturated heterocycles. The molecular formula is C25H37NO4. The van der Waals surface area contributed by atoms with Crippen molar-refractivity contribution in [2.45, 2.75) is 57.7 Å². The number of hydrogen-bond donors (Lipinski definition) is 4. The fourth-order valence-electron chi connectivity index (χ4n) is 3.39. The van der Waals surface area contributed by atoms with E-state index < -0.39 is 6.10 Å². The summed E-state index contributed by atoms with van der Waals surface area (Å²) in [5, 5.41) is 32.3. The summed E-state index contributed by atoms with van der Waals surface area (Å²) in [6.45, 7) is 2.76. The van der Waals surface area contributed by atoms with Crippen LogP contribution in [-0.4, -0.2) is 41.6 Å². The van der Waals surface area contributed by atoms with Crippen molar-refractivity contribution in [1.82, 2.24) is 5.32 Å². The van der Waals surface area contributed by atoms with Gasteiger partial charge in [0.1, 0.15) is 5.75 Å². The Morgan fingerprint density at radius 2 is 1.60 bits per heavy atom. The predicted octanol–water partition coefficient (Wildman–Crippen LogP) is 4.11. The summed E-state index contributed by atoms with van der Waals surface area (Å²) in [5.41, 5.74) is 2.47. The minimum Gasteiger partial charge on any atom is -0.508 e. The molecule has 0 aromatic heterocycles. The van der Waals surface area contributed by atoms with Crippen molar-refractivity contribution < 1.29 is 20.1 Å². The van der Waals surface area contributed by atoms with E-state index in [9.17, 15) is 15.3 Å². The summed E-state index contributed by atoms with van der Waals surface area (Å²) in [4.78, 5) is 0. The van der Waals surface area contributed by atoms with Gasteiger partial charge >= 0.3 is 0 Å². The normalized spacial score (nSPS) is 12.2. The number of aromatic hydroxyl groups is 1. The molecule has 0 saturated carbocycles. The number of benzene rings is 2. The fourth-order valence-corrected chi connectivity index (χ4v) is 3.39. The third-order valence-corrected chi connectivity index (χ3v) is 5.27. The van der Waals surface area contributed by atoms with Crippen LogP contribution in [-0.2, 0) is 17.8 Å². The largest absolute Gasteiger partial charge is 0.508 e. The lowest BCUT2D eigenvalue weighted by atomic mass is 10.1. The summed E-state index contributed by atoms with van der Waals surface area (Å²) in [6, 6.07) is 15.3. The summed E-state index contributed by atoms with van der Waals surface area (Å²) in [7, 11) is 0. The molecule has 1 atom stereocenters. The Bertz CT molecular complexity index is 693. The third kappa shape index (κ3) is 9.72. The molecule has 5 heteroatoms. The van der Waals surface area contributed by atoms with Crippen molar-refractivity contribution in [1.29, 1.82) is 0 Å². The lowest BCUT2D eigenvalue weighted by molar-refractivity contribution is 0.133. The maximum atomic E-state index is 10.2. The van der Waals surface area contributed by atoms with Gasteiger partial charge in [-0.3, -0.25) is 0 Å². The van der Waals surface area contributed by atoms with Crippen LogP contribution in [0.15, 0.2) is 48.5 Å². The van der Waals surface area contributed by atoms with Gasteiger partial charge in [0.2, 0.25) is 0 Å². The summed E-state index contributed by atoms with van der Waals surface area (Å²) < 4.78 is 5.72. The number of aliphatic hydroxyl groups is 2. The molecule has 0 aliphatic carbocycles. The van der Waals surface area contributed by atoms with Crippen LogP contribution in [0.3, 0.4) is 0 Å². The molecule has 2 rings (SSSR count). The number of ether oxygens (including phenoxy) is 1. The molecule has 0 bridgehead atoms. The topological polar surface area (TPSA) is 82.0 Å². The molecule has 2 aromatic rings. The van der Waals surface area contributed by atoms with Crippen LogP contribution >= 0.6 is 0 Å². The number of nitrogens with one attached hydrogen (secondary N) is 1. The molecule has 4 N–H and O–H groups in total. The molecule has 0 fully saturated rings. The zero-order valence-electron chi connectivity index (χ0n) is 17.9. The standard InChI is InChI=1S/C25H37NO4/c27-20-23-18-22(12-13-24(23)28)25(29)19-26-15-8-3-1-2-4-9-16-30-17-14-21-10-6-5-7-11-21/h5-7,10-13,18,25-29H,1-4,8-9,14-17,19-20H2. The Hall–Kier alpha value is -1.92. The van der Waals surface area contributed by atoms with E-state index in [1.54, 1.807) is 12.1 Å². The van der Waals surface area contributed by atoms with E-state index in [0.717, 1.165) is 39.0 Å². The van der Waals surface area contributed by atoms with E-state index in [4.69, 9.17) is 4.74 Å². The number of unbranched alkanes of at least 4 members (excludes halogenated alkanes) is 5. The van der Waals surface area contributed by atoms with Gasteiger partial charge in [0, 0.05) is 18.7 Å². The molecule has 166 valence electrons. The number of rotatable bonds is 16. The van der Waals surface area contributed by atoms with Crippen LogP contribution < -0.4 is 5.32 Å². The van der Waals surface area contributed by atoms with Gasteiger partial charge in [0.25, 0.3) is 0 Å². The molecule has 0 radical (unpaired) electrons. The average Bonchev–Trinajstić information content (AvgIpc) is 2.77. The Morgan fingerprint density at radius 1 is 0.867 bits per heavy atom. The van der Waals surface area contributed by atoms with Gasteiger partial charge < -0.3 is 25.4 Å². The van der Waals surface area contributed by atoms with Gasteiger partial charge in [0.05, 0.1) is 19.3 Å². The lowest BCUT2D eigenvalue weighted by Crippen LogP contribution is -2.22. The smallest absolute Gasteiger partial charge is 0.121 e. The highest BCUT2D eigenvalue weighted by Gasteiger charge is 2.09. The van der Waals surface area contributed by atoms with Gasteiger partial charge in [-0.05, 0) is 49.1 Å². The van der Waals surface area contributed by atoms with Crippen LogP contribution in [0, 0.1) is 0 Å². The van der Waals surface area contributed by atoms with Crippen molar-refractivity contribution in [3.8, 4) is 5.75 Å². The van der Waals surface area contributed by atoms with Gasteiger partial charge in [-0.25, -0.2) is 0 Å². The van der Waals surface area contributed by atoms with Crippen molar-refractivity contribution >= 4 is 0 Å². The highest BCUT2D eigenvalue weighted by Crippen LogP contribution is 2.22. The zero-order valence-corrected chi connectivity index (χ0v) is 17.9. The second-order valence-corrected chi connectivity index (χ2v) is 7.74. The number of phenols is 1. The summed E-state index contributed by atoms with van der Waals surface area (Å²) >= 11 is 0. The first-order valence-corrected chi connectivity index (χ1v) is 11.1. The van der Waals surface area contributed by atoms with E-state index in [1.165, 1.54) is 37.3 Å². The minimum atomic E-state index is -0.641. The maximum Gasteiger partial charge on any atom is 0.121 e. The lowest BCUT2D eigenvalue weighted by Gasteiger charge is -2.14. The third-order valence-electron chi connectivity index (χ3n) is 5.27. The number of aliphatic hydroxyl groups excluding tert-OH is 2. The first-order valence-electron chi connectivity index (χ1n) is 11.1. The van der Waals surface area contributed by atoms with Gasteiger partial charge in [0.15, 0.2) is 0 Å². The monoisotopic (exact) mass is 415 g/mol. The molecular weight excluding hydrogens is 378 g/mol. The Balaban J connectivity index is 1.39. The van der Waals surface area contributed by atoms with E-state index in [-0.39, 0.29) is 12.4 Å². The fraction of sp³-hybridized carbons (Fsp3) is 0.520. The predicted molar refractivity (Wildman–Crippen MR) is 121 cm³/mol. The van der Waals surface area contributed by atoms with E-state index >= 15 is 0 Å². The Morgan fingerprint density at radius 3 is 2.37 bits per heavy atom. The Kier molecular flexibility index (Phi) is 12.1. The second kappa shape index (κ2) is 15.0. The first kappa shape index (κ1) is 24.4. The molecule has 2 aromatic carbocycles. The van der Waals surface area contributed by atoms with E-state index in [0.29, 0.717) is 17.7 Å². The molecule has 0 aliphatic rings. The molecule has 1 unspecified atom stereocenters. The molecule has 0 heterocycles. The van der Waals surface area contributed by atoms with Crippen molar-refractivity contribution in [3.63, 3.8) is 0 Å². The van der Waals surface area contributed by atoms with Crippen LogP contribution in [0.1, 0.15) is 61.3 Å². The van der Waals surface area contributed by atoms with Crippen molar-refractivity contribution in [2.75, 3.05) is 26.3 Å². The quantitative estimate of drug-likeness (QED) is 0.310. The van der Waals surface area contributed by atoms with Crippen LogP contribution in [0.25, 0.3) is 0 Å². The first-order chi connectivity index (χ1) is 14.7. The second-order valence-electron chi connectivity index (χ2n) is 7.74. The molecule has 0 spiro atoms. The van der Waals surface area contributed by atoms with Crippen LogP contribution in [0.2, 0.25) is 0 Å². The maximum absolute atomic E-state index is 10.2. The van der Waals surface area contributed by atoms with Crippen LogP contribution in [0.4, 0.5) is 0 Å². The summed E-state index contributed by atoms with van der Waals surface area (Å²) in [5.74, 6) is 0.0557. The molecule has 0 amide bonds. The van der Waals surface area contributed by atoms with Gasteiger partial charge in [-0.2, -0.15) is 0 Å². The van der Waals surface area contributed by atoms with E-state index in [2.05, 4.69) is 29.6 Å². The highest BCUT2D eigenvalue weighted by molar-refractivity contribution is 5.36. The number of hydrogen-bond acceptors (Lipinski definition) is 5. The minimum absolute atomic E-state index is 0.0557. The van der Waals surface area contributed by atoms with Gasteiger partial charge in [-0.15, -0.1) is 0 Å². The zero-order chi connectivity index (χ0) is 21.4. The van der Waals surface area contributed by atoms with Crippen molar-refractivity contribution in [3.05, 3.63) is 65.2 Å². The van der Waals surface area contributed by atoms with Crippen LogP contribution in [0.5, 0.6) is 5.75 Å². The molecule has 5 nitrogen and oxygen atoms in total. The van der Waals surface area contributed by atoms with Crippen molar-refractivity contribution in [2.24, 2.45) is 0 Å². The summed E-state index contributed by atoms with van der Waals surface area (Å²) in [6.07, 6.45) is 7.43. The average molecular weight is 416 g/mol. The molecule has 0 aliphatic heterocycles. The Labute approximate surface area is 180 Å². The SMILES string of the molecule is OCc1cc(C(O)CNCCCCCCCCOCCc2ccccc2)ccc1O.